The molecular weight excluding hydrogens is 268 g/mol. The molecule has 2 unspecified atom stereocenters. The van der Waals surface area contributed by atoms with E-state index in [4.69, 9.17) is 4.74 Å². The normalized spacial score (nSPS) is 13.9. The Bertz CT molecular complexity index is 496. The van der Waals surface area contributed by atoms with Crippen LogP contribution >= 0.6 is 11.3 Å². The van der Waals surface area contributed by atoms with Crippen molar-refractivity contribution in [1.29, 1.82) is 0 Å². The standard InChI is InChI=1S/C16H22N2OS/c1-4-15(13-5-7-14(19-3)8-6-13)18-11-12(2)16-17-9-10-20-16/h5-10,12,15,18H,4,11H2,1-3H3. The van der Waals surface area contributed by atoms with Crippen LogP contribution in [0.15, 0.2) is 35.8 Å². The SMILES string of the molecule is CCC(NCC(C)c1nccs1)c1ccc(OC)cc1. The molecule has 2 aromatic rings. The molecule has 1 N–H and O–H groups in total. The van der Waals surface area contributed by atoms with Crippen molar-refractivity contribution in [3.8, 4) is 5.75 Å². The van der Waals surface area contributed by atoms with Gasteiger partial charge in [-0.15, -0.1) is 11.3 Å². The topological polar surface area (TPSA) is 34.2 Å². The zero-order chi connectivity index (χ0) is 14.4. The summed E-state index contributed by atoms with van der Waals surface area (Å²) in [6.07, 6.45) is 2.94. The molecule has 20 heavy (non-hydrogen) atoms. The first-order valence-corrected chi connectivity index (χ1v) is 7.89. The van der Waals surface area contributed by atoms with Crippen LogP contribution in [0.3, 0.4) is 0 Å². The van der Waals surface area contributed by atoms with E-state index in [1.165, 1.54) is 10.6 Å². The van der Waals surface area contributed by atoms with E-state index in [-0.39, 0.29) is 0 Å². The molecule has 0 aliphatic carbocycles. The molecule has 0 saturated carbocycles. The van der Waals surface area contributed by atoms with Crippen molar-refractivity contribution < 1.29 is 4.74 Å². The number of nitrogens with zero attached hydrogens (tertiary/aromatic N) is 1. The molecule has 1 heterocycles. The second-order valence-electron chi connectivity index (χ2n) is 4.91. The summed E-state index contributed by atoms with van der Waals surface area (Å²) in [5.74, 6) is 1.35. The lowest BCUT2D eigenvalue weighted by Gasteiger charge is -2.20. The number of benzene rings is 1. The zero-order valence-electron chi connectivity index (χ0n) is 12.3. The van der Waals surface area contributed by atoms with Gasteiger partial charge in [0.25, 0.3) is 0 Å². The van der Waals surface area contributed by atoms with E-state index in [0.29, 0.717) is 12.0 Å². The maximum Gasteiger partial charge on any atom is 0.118 e. The van der Waals surface area contributed by atoms with Crippen LogP contribution in [0.4, 0.5) is 0 Å². The van der Waals surface area contributed by atoms with Crippen LogP contribution in [0.25, 0.3) is 0 Å². The van der Waals surface area contributed by atoms with Crippen molar-refractivity contribution in [2.75, 3.05) is 13.7 Å². The lowest BCUT2D eigenvalue weighted by molar-refractivity contribution is 0.414. The molecule has 0 spiro atoms. The van der Waals surface area contributed by atoms with Crippen molar-refractivity contribution in [2.45, 2.75) is 32.2 Å². The van der Waals surface area contributed by atoms with Crippen LogP contribution < -0.4 is 10.1 Å². The maximum absolute atomic E-state index is 5.20. The van der Waals surface area contributed by atoms with Gasteiger partial charge in [-0.25, -0.2) is 4.98 Å². The third-order valence-electron chi connectivity index (χ3n) is 3.47. The van der Waals surface area contributed by atoms with Crippen LogP contribution in [0.1, 0.15) is 42.8 Å². The molecule has 0 aliphatic heterocycles. The van der Waals surface area contributed by atoms with Gasteiger partial charge < -0.3 is 10.1 Å². The predicted molar refractivity (Wildman–Crippen MR) is 84.6 cm³/mol. The first kappa shape index (κ1) is 15.0. The van der Waals surface area contributed by atoms with E-state index in [1.54, 1.807) is 18.4 Å². The number of hydrogen-bond donors (Lipinski definition) is 1. The summed E-state index contributed by atoms with van der Waals surface area (Å²) in [6, 6.07) is 8.68. The molecule has 1 aromatic heterocycles. The van der Waals surface area contributed by atoms with E-state index in [1.807, 2.05) is 23.7 Å². The maximum atomic E-state index is 5.20. The molecular formula is C16H22N2OS. The van der Waals surface area contributed by atoms with E-state index in [9.17, 15) is 0 Å². The van der Waals surface area contributed by atoms with Gasteiger partial charge >= 0.3 is 0 Å². The van der Waals surface area contributed by atoms with E-state index in [0.717, 1.165) is 18.7 Å². The van der Waals surface area contributed by atoms with Crippen molar-refractivity contribution in [3.05, 3.63) is 46.4 Å². The molecule has 0 radical (unpaired) electrons. The average molecular weight is 290 g/mol. The Hall–Kier alpha value is -1.39. The molecule has 0 amide bonds. The molecule has 0 aliphatic rings. The number of methoxy groups -OCH3 is 1. The van der Waals surface area contributed by atoms with Gasteiger partial charge in [0, 0.05) is 30.1 Å². The van der Waals surface area contributed by atoms with Gasteiger partial charge in [-0.3, -0.25) is 0 Å². The number of aromatic nitrogens is 1. The van der Waals surface area contributed by atoms with E-state index < -0.39 is 0 Å². The van der Waals surface area contributed by atoms with Gasteiger partial charge in [0.15, 0.2) is 0 Å². The first-order chi connectivity index (χ1) is 9.74. The van der Waals surface area contributed by atoms with Gasteiger partial charge in [-0.1, -0.05) is 26.0 Å². The highest BCUT2D eigenvalue weighted by atomic mass is 32.1. The summed E-state index contributed by atoms with van der Waals surface area (Å²) >= 11 is 1.72. The van der Waals surface area contributed by atoms with Gasteiger partial charge in [-0.2, -0.15) is 0 Å². The third-order valence-corrected chi connectivity index (χ3v) is 4.48. The van der Waals surface area contributed by atoms with Gasteiger partial charge in [0.2, 0.25) is 0 Å². The van der Waals surface area contributed by atoms with Crippen molar-refractivity contribution in [3.63, 3.8) is 0 Å². The van der Waals surface area contributed by atoms with Crippen molar-refractivity contribution >= 4 is 11.3 Å². The monoisotopic (exact) mass is 290 g/mol. The highest BCUT2D eigenvalue weighted by Crippen LogP contribution is 2.22. The van der Waals surface area contributed by atoms with Crippen LogP contribution in [0.2, 0.25) is 0 Å². The summed E-state index contributed by atoms with van der Waals surface area (Å²) < 4.78 is 5.20. The third kappa shape index (κ3) is 3.81. The fraction of sp³-hybridized carbons (Fsp3) is 0.438. The minimum atomic E-state index is 0.378. The first-order valence-electron chi connectivity index (χ1n) is 7.01. The van der Waals surface area contributed by atoms with Crippen LogP contribution in [0, 0.1) is 0 Å². The Balaban J connectivity index is 1.94. The predicted octanol–water partition coefficient (Wildman–Crippen LogP) is 4.00. The van der Waals surface area contributed by atoms with Gasteiger partial charge in [0.05, 0.1) is 12.1 Å². The summed E-state index contributed by atoms with van der Waals surface area (Å²) in [6.45, 7) is 5.36. The number of ether oxygens (including phenoxy) is 1. The molecule has 3 nitrogen and oxygen atoms in total. The minimum Gasteiger partial charge on any atom is -0.497 e. The highest BCUT2D eigenvalue weighted by Gasteiger charge is 2.13. The average Bonchev–Trinajstić information content (AvgIpc) is 3.02. The second-order valence-corrected chi connectivity index (χ2v) is 5.84. The molecule has 4 heteroatoms. The molecule has 1 aromatic carbocycles. The number of rotatable bonds is 7. The summed E-state index contributed by atoms with van der Waals surface area (Å²) in [7, 11) is 1.69. The quantitative estimate of drug-likeness (QED) is 0.837. The summed E-state index contributed by atoms with van der Waals surface area (Å²) in [4.78, 5) is 4.38. The van der Waals surface area contributed by atoms with E-state index >= 15 is 0 Å². The van der Waals surface area contributed by atoms with Gasteiger partial charge in [0.1, 0.15) is 5.75 Å². The fourth-order valence-electron chi connectivity index (χ4n) is 2.22. The van der Waals surface area contributed by atoms with Crippen LogP contribution in [-0.2, 0) is 0 Å². The van der Waals surface area contributed by atoms with Crippen LogP contribution in [0.5, 0.6) is 5.75 Å². The molecule has 2 atom stereocenters. The molecule has 0 saturated heterocycles. The molecule has 2 rings (SSSR count). The molecule has 0 fully saturated rings. The summed E-state index contributed by atoms with van der Waals surface area (Å²) in [5, 5.41) is 6.87. The number of thiazole rings is 1. The highest BCUT2D eigenvalue weighted by molar-refractivity contribution is 7.09. The van der Waals surface area contributed by atoms with Crippen LogP contribution in [-0.4, -0.2) is 18.6 Å². The smallest absolute Gasteiger partial charge is 0.118 e. The second kappa shape index (κ2) is 7.41. The lowest BCUT2D eigenvalue weighted by atomic mass is 10.0. The zero-order valence-corrected chi connectivity index (χ0v) is 13.1. The van der Waals surface area contributed by atoms with E-state index in [2.05, 4.69) is 36.3 Å². The minimum absolute atomic E-state index is 0.378. The number of hydrogen-bond acceptors (Lipinski definition) is 4. The van der Waals surface area contributed by atoms with Gasteiger partial charge in [-0.05, 0) is 24.1 Å². The van der Waals surface area contributed by atoms with Crippen molar-refractivity contribution in [1.82, 2.24) is 10.3 Å². The fourth-order valence-corrected chi connectivity index (χ4v) is 2.92. The van der Waals surface area contributed by atoms with Crippen molar-refractivity contribution in [2.24, 2.45) is 0 Å². The largest absolute Gasteiger partial charge is 0.497 e. The molecule has 0 bridgehead atoms. The Morgan fingerprint density at radius 3 is 2.60 bits per heavy atom. The Labute approximate surface area is 125 Å². The summed E-state index contributed by atoms with van der Waals surface area (Å²) in [5.41, 5.74) is 1.31. The Kier molecular flexibility index (Phi) is 5.56. The molecule has 108 valence electrons. The Morgan fingerprint density at radius 2 is 2.05 bits per heavy atom. The number of nitrogens with one attached hydrogen (secondary N) is 1. The lowest BCUT2D eigenvalue weighted by Crippen LogP contribution is -2.25. The Morgan fingerprint density at radius 1 is 1.30 bits per heavy atom.